The molecule has 0 aliphatic rings. The lowest BCUT2D eigenvalue weighted by atomic mass is 10.0. The SMILES string of the molecule is Cc1ccc(C(CNC(=O)c2ccc(C(F)(F)F)cc2)N(C)C)cc1. The number of hydrogen-bond acceptors (Lipinski definition) is 2. The van der Waals surface area contributed by atoms with Gasteiger partial charge >= 0.3 is 6.18 Å². The van der Waals surface area contributed by atoms with Crippen LogP contribution in [0.1, 0.15) is 33.1 Å². The van der Waals surface area contributed by atoms with E-state index >= 15 is 0 Å². The molecule has 0 saturated heterocycles. The van der Waals surface area contributed by atoms with E-state index in [-0.39, 0.29) is 11.6 Å². The van der Waals surface area contributed by atoms with E-state index < -0.39 is 17.6 Å². The number of rotatable bonds is 5. The fraction of sp³-hybridized carbons (Fsp3) is 0.316. The van der Waals surface area contributed by atoms with Gasteiger partial charge in [0.1, 0.15) is 0 Å². The molecule has 1 atom stereocenters. The number of hydrogen-bond donors (Lipinski definition) is 1. The maximum absolute atomic E-state index is 12.6. The second-order valence-electron chi connectivity index (χ2n) is 6.18. The topological polar surface area (TPSA) is 32.3 Å². The average Bonchev–Trinajstić information content (AvgIpc) is 2.55. The van der Waals surface area contributed by atoms with Gasteiger partial charge in [-0.3, -0.25) is 4.79 Å². The standard InChI is InChI=1S/C19H21F3N2O/c1-13-4-6-14(7-5-13)17(24(2)3)12-23-18(25)15-8-10-16(11-9-15)19(20,21)22/h4-11,17H,12H2,1-3H3,(H,23,25). The molecule has 2 aromatic carbocycles. The first-order valence-corrected chi connectivity index (χ1v) is 7.87. The second-order valence-corrected chi connectivity index (χ2v) is 6.18. The molecule has 134 valence electrons. The minimum absolute atomic E-state index is 0.0287. The number of nitrogens with one attached hydrogen (secondary N) is 1. The van der Waals surface area contributed by atoms with E-state index in [0.29, 0.717) is 6.54 Å². The van der Waals surface area contributed by atoms with Crippen molar-refractivity contribution in [3.63, 3.8) is 0 Å². The molecule has 1 N–H and O–H groups in total. The molecule has 0 aliphatic carbocycles. The van der Waals surface area contributed by atoms with Gasteiger partial charge in [0.25, 0.3) is 5.91 Å². The molecule has 0 aromatic heterocycles. The van der Waals surface area contributed by atoms with Crippen LogP contribution in [0.3, 0.4) is 0 Å². The highest BCUT2D eigenvalue weighted by Crippen LogP contribution is 2.29. The maximum atomic E-state index is 12.6. The first-order chi connectivity index (χ1) is 11.7. The summed E-state index contributed by atoms with van der Waals surface area (Å²) in [6, 6.07) is 12.2. The van der Waals surface area contributed by atoms with Gasteiger partial charge in [-0.25, -0.2) is 0 Å². The number of benzene rings is 2. The number of carbonyl (C=O) groups excluding carboxylic acids is 1. The summed E-state index contributed by atoms with van der Waals surface area (Å²) in [5.41, 5.74) is 1.64. The van der Waals surface area contributed by atoms with Gasteiger partial charge in [0, 0.05) is 12.1 Å². The van der Waals surface area contributed by atoms with Crippen LogP contribution < -0.4 is 5.32 Å². The summed E-state index contributed by atoms with van der Waals surface area (Å²) in [6.07, 6.45) is -4.41. The van der Waals surface area contributed by atoms with E-state index in [9.17, 15) is 18.0 Å². The molecule has 2 aromatic rings. The Morgan fingerprint density at radius 3 is 2.08 bits per heavy atom. The minimum atomic E-state index is -4.41. The van der Waals surface area contributed by atoms with Gasteiger partial charge < -0.3 is 10.2 Å². The van der Waals surface area contributed by atoms with Gasteiger partial charge in [-0.15, -0.1) is 0 Å². The van der Waals surface area contributed by atoms with E-state index in [0.717, 1.165) is 23.3 Å². The van der Waals surface area contributed by atoms with Gasteiger partial charge in [-0.1, -0.05) is 29.8 Å². The van der Waals surface area contributed by atoms with Crippen molar-refractivity contribution in [1.82, 2.24) is 10.2 Å². The van der Waals surface area contributed by atoms with Crippen LogP contribution in [0.2, 0.25) is 0 Å². The molecule has 0 aliphatic heterocycles. The van der Waals surface area contributed by atoms with Crippen LogP contribution in [0.15, 0.2) is 48.5 Å². The maximum Gasteiger partial charge on any atom is 0.416 e. The van der Waals surface area contributed by atoms with Crippen LogP contribution in [0.25, 0.3) is 0 Å². The monoisotopic (exact) mass is 350 g/mol. The molecule has 0 saturated carbocycles. The van der Waals surface area contributed by atoms with Crippen molar-refractivity contribution in [2.45, 2.75) is 19.1 Å². The van der Waals surface area contributed by atoms with Crippen LogP contribution in [-0.2, 0) is 6.18 Å². The Morgan fingerprint density at radius 1 is 1.04 bits per heavy atom. The molecule has 25 heavy (non-hydrogen) atoms. The highest BCUT2D eigenvalue weighted by Gasteiger charge is 2.30. The Bertz CT molecular complexity index is 707. The molecule has 3 nitrogen and oxygen atoms in total. The lowest BCUT2D eigenvalue weighted by Gasteiger charge is -2.25. The third kappa shape index (κ3) is 5.06. The highest BCUT2D eigenvalue weighted by atomic mass is 19.4. The Hall–Kier alpha value is -2.34. The fourth-order valence-electron chi connectivity index (χ4n) is 2.49. The Kier molecular flexibility index (Phi) is 5.85. The number of amides is 1. The third-order valence-electron chi connectivity index (χ3n) is 4.02. The zero-order chi connectivity index (χ0) is 18.6. The van der Waals surface area contributed by atoms with Gasteiger partial charge in [0.05, 0.1) is 11.6 Å². The summed E-state index contributed by atoms with van der Waals surface area (Å²) in [4.78, 5) is 14.2. The predicted molar refractivity (Wildman–Crippen MR) is 91.4 cm³/mol. The fourth-order valence-corrected chi connectivity index (χ4v) is 2.49. The van der Waals surface area contributed by atoms with E-state index in [1.165, 1.54) is 12.1 Å². The van der Waals surface area contributed by atoms with Crippen molar-refractivity contribution in [2.75, 3.05) is 20.6 Å². The van der Waals surface area contributed by atoms with Crippen LogP contribution in [0.4, 0.5) is 13.2 Å². The third-order valence-corrected chi connectivity index (χ3v) is 4.02. The molecule has 1 unspecified atom stereocenters. The summed E-state index contributed by atoms with van der Waals surface area (Å²) in [5.74, 6) is -0.396. The van der Waals surface area contributed by atoms with Crippen LogP contribution >= 0.6 is 0 Å². The number of carbonyl (C=O) groups is 1. The number of likely N-dealkylation sites (N-methyl/N-ethyl adjacent to an activating group) is 1. The number of nitrogens with zero attached hydrogens (tertiary/aromatic N) is 1. The number of alkyl halides is 3. The summed E-state index contributed by atoms with van der Waals surface area (Å²) in [6.45, 7) is 2.36. The molecular formula is C19H21F3N2O. The van der Waals surface area contributed by atoms with Crippen molar-refractivity contribution in [3.05, 3.63) is 70.8 Å². The van der Waals surface area contributed by atoms with Crippen LogP contribution in [0, 0.1) is 6.92 Å². The Balaban J connectivity index is 2.05. The quantitative estimate of drug-likeness (QED) is 0.882. The highest BCUT2D eigenvalue weighted by molar-refractivity contribution is 5.94. The Morgan fingerprint density at radius 2 is 1.60 bits per heavy atom. The molecule has 0 fully saturated rings. The molecule has 1 amide bonds. The predicted octanol–water partition coefficient (Wildman–Crippen LogP) is 4.05. The molecule has 0 radical (unpaired) electrons. The van der Waals surface area contributed by atoms with Crippen molar-refractivity contribution >= 4 is 5.91 Å². The lowest BCUT2D eigenvalue weighted by molar-refractivity contribution is -0.137. The van der Waals surface area contributed by atoms with Crippen LogP contribution in [0.5, 0.6) is 0 Å². The van der Waals surface area contributed by atoms with E-state index in [2.05, 4.69) is 5.32 Å². The summed E-state index contributed by atoms with van der Waals surface area (Å²) >= 11 is 0. The number of aryl methyl sites for hydroxylation is 1. The van der Waals surface area contributed by atoms with Crippen LogP contribution in [-0.4, -0.2) is 31.4 Å². The Labute approximate surface area is 145 Å². The van der Waals surface area contributed by atoms with Gasteiger partial charge in [-0.05, 0) is 50.8 Å². The van der Waals surface area contributed by atoms with Crippen molar-refractivity contribution < 1.29 is 18.0 Å². The molecule has 0 heterocycles. The van der Waals surface area contributed by atoms with E-state index in [1.54, 1.807) is 0 Å². The smallest absolute Gasteiger partial charge is 0.350 e. The normalized spacial score (nSPS) is 12.9. The van der Waals surface area contributed by atoms with E-state index in [4.69, 9.17) is 0 Å². The molecule has 0 spiro atoms. The molecular weight excluding hydrogens is 329 g/mol. The zero-order valence-electron chi connectivity index (χ0n) is 14.4. The van der Waals surface area contributed by atoms with Gasteiger partial charge in [0.15, 0.2) is 0 Å². The molecule has 2 rings (SSSR count). The first-order valence-electron chi connectivity index (χ1n) is 7.87. The summed E-state index contributed by atoms with van der Waals surface area (Å²) < 4.78 is 37.7. The second kappa shape index (κ2) is 7.70. The summed E-state index contributed by atoms with van der Waals surface area (Å²) in [7, 11) is 3.82. The van der Waals surface area contributed by atoms with Gasteiger partial charge in [0.2, 0.25) is 0 Å². The zero-order valence-corrected chi connectivity index (χ0v) is 14.4. The molecule has 0 bridgehead atoms. The van der Waals surface area contributed by atoms with Crippen molar-refractivity contribution in [3.8, 4) is 0 Å². The van der Waals surface area contributed by atoms with Crippen molar-refractivity contribution in [2.24, 2.45) is 0 Å². The summed E-state index contributed by atoms with van der Waals surface area (Å²) in [5, 5.41) is 2.79. The minimum Gasteiger partial charge on any atom is -0.350 e. The lowest BCUT2D eigenvalue weighted by Crippen LogP contribution is -2.34. The average molecular weight is 350 g/mol. The van der Waals surface area contributed by atoms with Crippen molar-refractivity contribution in [1.29, 1.82) is 0 Å². The van der Waals surface area contributed by atoms with E-state index in [1.807, 2.05) is 50.2 Å². The van der Waals surface area contributed by atoms with Gasteiger partial charge in [-0.2, -0.15) is 13.2 Å². The number of halogens is 3. The largest absolute Gasteiger partial charge is 0.416 e. The first kappa shape index (κ1) is 19.0. The molecule has 6 heteroatoms.